The minimum absolute atomic E-state index is 0.0218. The predicted octanol–water partition coefficient (Wildman–Crippen LogP) is 2.45. The van der Waals surface area contributed by atoms with E-state index >= 15 is 0 Å². The summed E-state index contributed by atoms with van der Waals surface area (Å²) >= 11 is 1.68. The van der Waals surface area contributed by atoms with Crippen molar-refractivity contribution in [1.29, 1.82) is 0 Å². The third-order valence-corrected chi connectivity index (χ3v) is 4.84. The minimum atomic E-state index is -0.526. The van der Waals surface area contributed by atoms with Crippen LogP contribution in [0.25, 0.3) is 0 Å². The molecule has 0 radical (unpaired) electrons. The lowest BCUT2D eigenvalue weighted by Gasteiger charge is -2.28. The Balaban J connectivity index is 1.91. The van der Waals surface area contributed by atoms with Gasteiger partial charge >= 0.3 is 11.8 Å². The van der Waals surface area contributed by atoms with Crippen molar-refractivity contribution in [2.45, 2.75) is 44.9 Å². The molecule has 1 aliphatic carbocycles. The molecule has 4 nitrogen and oxygen atoms in total. The first-order chi connectivity index (χ1) is 10.0. The van der Waals surface area contributed by atoms with E-state index in [1.807, 2.05) is 13.8 Å². The molecule has 0 saturated heterocycles. The summed E-state index contributed by atoms with van der Waals surface area (Å²) in [5.41, 5.74) is 1.32. The third kappa shape index (κ3) is 4.06. The lowest BCUT2D eigenvalue weighted by atomic mass is 9.80. The first kappa shape index (κ1) is 16.0. The maximum atomic E-state index is 11.9. The van der Waals surface area contributed by atoms with E-state index in [2.05, 4.69) is 27.5 Å². The third-order valence-electron chi connectivity index (χ3n) is 4.16. The number of carbonyl (C=O) groups is 2. The molecule has 1 aliphatic rings. The SMILES string of the molecule is CC(C)CNC(=O)C(=O)NCC1(c2ccsc2)CCCC1. The van der Waals surface area contributed by atoms with Gasteiger partial charge in [-0.2, -0.15) is 11.3 Å². The van der Waals surface area contributed by atoms with Gasteiger partial charge in [-0.1, -0.05) is 26.7 Å². The van der Waals surface area contributed by atoms with Gasteiger partial charge in [-0.05, 0) is 41.1 Å². The highest BCUT2D eigenvalue weighted by Crippen LogP contribution is 2.41. The van der Waals surface area contributed by atoms with Gasteiger partial charge in [0.25, 0.3) is 0 Å². The molecule has 0 unspecified atom stereocenters. The van der Waals surface area contributed by atoms with E-state index in [0.717, 1.165) is 12.8 Å². The topological polar surface area (TPSA) is 58.2 Å². The molecule has 0 atom stereocenters. The van der Waals surface area contributed by atoms with E-state index in [-0.39, 0.29) is 5.41 Å². The molecule has 0 aliphatic heterocycles. The molecule has 2 amide bonds. The van der Waals surface area contributed by atoms with Gasteiger partial charge in [0.2, 0.25) is 0 Å². The number of thiophene rings is 1. The highest BCUT2D eigenvalue weighted by molar-refractivity contribution is 7.08. The number of hydrogen-bond acceptors (Lipinski definition) is 3. The second-order valence-electron chi connectivity index (χ2n) is 6.29. The fourth-order valence-electron chi connectivity index (χ4n) is 2.89. The molecule has 116 valence electrons. The Morgan fingerprint density at radius 3 is 2.48 bits per heavy atom. The summed E-state index contributed by atoms with van der Waals surface area (Å²) in [6.07, 6.45) is 4.53. The number of carbonyl (C=O) groups excluding carboxylic acids is 2. The largest absolute Gasteiger partial charge is 0.348 e. The van der Waals surface area contributed by atoms with Crippen LogP contribution in [-0.4, -0.2) is 24.9 Å². The molecule has 1 aromatic rings. The van der Waals surface area contributed by atoms with Crippen molar-refractivity contribution in [2.75, 3.05) is 13.1 Å². The summed E-state index contributed by atoms with van der Waals surface area (Å²) in [6.45, 7) is 5.09. The first-order valence-corrected chi connectivity index (χ1v) is 8.56. The molecule has 2 rings (SSSR count). The second-order valence-corrected chi connectivity index (χ2v) is 7.07. The highest BCUT2D eigenvalue weighted by Gasteiger charge is 2.36. The highest BCUT2D eigenvalue weighted by atomic mass is 32.1. The lowest BCUT2D eigenvalue weighted by molar-refractivity contribution is -0.139. The normalized spacial score (nSPS) is 16.9. The molecule has 2 N–H and O–H groups in total. The summed E-state index contributed by atoms with van der Waals surface area (Å²) in [5, 5.41) is 9.73. The van der Waals surface area contributed by atoms with E-state index in [9.17, 15) is 9.59 Å². The number of nitrogens with one attached hydrogen (secondary N) is 2. The van der Waals surface area contributed by atoms with Crippen LogP contribution < -0.4 is 10.6 Å². The van der Waals surface area contributed by atoms with Crippen molar-refractivity contribution in [3.63, 3.8) is 0 Å². The smallest absolute Gasteiger partial charge is 0.309 e. The molecule has 1 fully saturated rings. The van der Waals surface area contributed by atoms with Gasteiger partial charge in [0.1, 0.15) is 0 Å². The van der Waals surface area contributed by atoms with E-state index in [1.165, 1.54) is 18.4 Å². The molecule has 5 heteroatoms. The Morgan fingerprint density at radius 2 is 1.90 bits per heavy atom. The van der Waals surface area contributed by atoms with Crippen LogP contribution in [0.3, 0.4) is 0 Å². The molecular weight excluding hydrogens is 284 g/mol. The first-order valence-electron chi connectivity index (χ1n) is 7.62. The monoisotopic (exact) mass is 308 g/mol. The average Bonchev–Trinajstić information content (AvgIpc) is 3.13. The minimum Gasteiger partial charge on any atom is -0.348 e. The summed E-state index contributed by atoms with van der Waals surface area (Å²) in [7, 11) is 0. The van der Waals surface area contributed by atoms with Crippen LogP contribution in [-0.2, 0) is 15.0 Å². The van der Waals surface area contributed by atoms with E-state index in [4.69, 9.17) is 0 Å². The van der Waals surface area contributed by atoms with E-state index in [1.54, 1.807) is 11.3 Å². The van der Waals surface area contributed by atoms with Crippen LogP contribution in [0.1, 0.15) is 45.1 Å². The van der Waals surface area contributed by atoms with E-state index < -0.39 is 11.8 Å². The maximum absolute atomic E-state index is 11.9. The zero-order valence-corrected chi connectivity index (χ0v) is 13.6. The zero-order valence-electron chi connectivity index (χ0n) is 12.8. The molecule has 1 heterocycles. The predicted molar refractivity (Wildman–Crippen MR) is 85.3 cm³/mol. The van der Waals surface area contributed by atoms with E-state index in [0.29, 0.717) is 19.0 Å². The van der Waals surface area contributed by atoms with Crippen LogP contribution in [0.15, 0.2) is 16.8 Å². The summed E-state index contributed by atoms with van der Waals surface area (Å²) in [5.74, 6) is -0.701. The second kappa shape index (κ2) is 7.07. The number of rotatable bonds is 5. The lowest BCUT2D eigenvalue weighted by Crippen LogP contribution is -2.46. The van der Waals surface area contributed by atoms with Gasteiger partial charge in [0.15, 0.2) is 0 Å². The summed E-state index contributed by atoms with van der Waals surface area (Å²) < 4.78 is 0. The van der Waals surface area contributed by atoms with Gasteiger partial charge < -0.3 is 10.6 Å². The van der Waals surface area contributed by atoms with Gasteiger partial charge in [0, 0.05) is 18.5 Å². The van der Waals surface area contributed by atoms with Crippen molar-refractivity contribution >= 4 is 23.2 Å². The van der Waals surface area contributed by atoms with Gasteiger partial charge in [-0.3, -0.25) is 9.59 Å². The molecule has 0 spiro atoms. The zero-order chi connectivity index (χ0) is 15.3. The molecule has 0 aromatic carbocycles. The summed E-state index contributed by atoms with van der Waals surface area (Å²) in [4.78, 5) is 23.6. The molecular formula is C16H24N2O2S. The van der Waals surface area contributed by atoms with Crippen molar-refractivity contribution in [2.24, 2.45) is 5.92 Å². The average molecular weight is 308 g/mol. The molecule has 0 bridgehead atoms. The standard InChI is InChI=1S/C16H24N2O2S/c1-12(2)9-17-14(19)15(20)18-11-16(6-3-4-7-16)13-5-8-21-10-13/h5,8,10,12H,3-4,6-7,9,11H2,1-2H3,(H,17,19)(H,18,20). The Labute approximate surface area is 130 Å². The molecule has 21 heavy (non-hydrogen) atoms. The van der Waals surface area contributed by atoms with Gasteiger partial charge in [-0.15, -0.1) is 0 Å². The quantitative estimate of drug-likeness (QED) is 0.821. The van der Waals surface area contributed by atoms with Crippen LogP contribution in [0.4, 0.5) is 0 Å². The van der Waals surface area contributed by atoms with Crippen LogP contribution in [0, 0.1) is 5.92 Å². The van der Waals surface area contributed by atoms with Gasteiger partial charge in [0.05, 0.1) is 0 Å². The fraction of sp³-hybridized carbons (Fsp3) is 0.625. The van der Waals surface area contributed by atoms with Crippen LogP contribution >= 0.6 is 11.3 Å². The Kier molecular flexibility index (Phi) is 5.39. The van der Waals surface area contributed by atoms with Crippen molar-refractivity contribution in [3.05, 3.63) is 22.4 Å². The number of hydrogen-bond donors (Lipinski definition) is 2. The fourth-order valence-corrected chi connectivity index (χ4v) is 3.67. The Bertz CT molecular complexity index is 476. The van der Waals surface area contributed by atoms with Crippen LogP contribution in [0.2, 0.25) is 0 Å². The van der Waals surface area contributed by atoms with Crippen LogP contribution in [0.5, 0.6) is 0 Å². The number of amides is 2. The Morgan fingerprint density at radius 1 is 1.24 bits per heavy atom. The molecule has 1 aromatic heterocycles. The maximum Gasteiger partial charge on any atom is 0.309 e. The van der Waals surface area contributed by atoms with Crippen molar-refractivity contribution < 1.29 is 9.59 Å². The van der Waals surface area contributed by atoms with Crippen molar-refractivity contribution in [3.8, 4) is 0 Å². The van der Waals surface area contributed by atoms with Gasteiger partial charge in [-0.25, -0.2) is 0 Å². The summed E-state index contributed by atoms with van der Waals surface area (Å²) in [6, 6.07) is 2.14. The molecule has 1 saturated carbocycles. The Hall–Kier alpha value is -1.36. The van der Waals surface area contributed by atoms with Crippen molar-refractivity contribution in [1.82, 2.24) is 10.6 Å².